The van der Waals surface area contributed by atoms with Crippen LogP contribution in [0.25, 0.3) is 0 Å². The number of carbonyl (C=O) groups is 2. The predicted molar refractivity (Wildman–Crippen MR) is 87.1 cm³/mol. The van der Waals surface area contributed by atoms with Gasteiger partial charge in [-0.05, 0) is 39.3 Å². The number of aromatic nitrogens is 1. The predicted octanol–water partition coefficient (Wildman–Crippen LogP) is 1.98. The molecule has 1 atom stereocenters. The number of amides is 2. The molecule has 0 aliphatic carbocycles. The lowest BCUT2D eigenvalue weighted by molar-refractivity contribution is -0.132. The Morgan fingerprint density at radius 2 is 2.00 bits per heavy atom. The molecule has 0 saturated heterocycles. The lowest BCUT2D eigenvalue weighted by Gasteiger charge is -2.15. The summed E-state index contributed by atoms with van der Waals surface area (Å²) in [4.78, 5) is 23.7. The molecule has 2 aromatic rings. The minimum Gasteiger partial charge on any atom is -0.478 e. The van der Waals surface area contributed by atoms with E-state index in [9.17, 15) is 14.0 Å². The number of hydrogen-bond acceptors (Lipinski definition) is 5. The first kappa shape index (κ1) is 18.4. The molecular weight excluding hydrogens is 329 g/mol. The van der Waals surface area contributed by atoms with Gasteiger partial charge in [0.25, 0.3) is 5.91 Å². The number of hydrazine groups is 1. The lowest BCUT2D eigenvalue weighted by atomic mass is 10.1. The molecule has 0 fully saturated rings. The van der Waals surface area contributed by atoms with Crippen molar-refractivity contribution in [2.24, 2.45) is 0 Å². The first-order chi connectivity index (χ1) is 11.9. The Kier molecular flexibility index (Phi) is 6.10. The van der Waals surface area contributed by atoms with Gasteiger partial charge in [0, 0.05) is 12.0 Å². The molecule has 1 aromatic heterocycles. The topological polar surface area (TPSA) is 93.5 Å². The van der Waals surface area contributed by atoms with Crippen LogP contribution in [0.4, 0.5) is 4.39 Å². The van der Waals surface area contributed by atoms with Crippen LogP contribution in [0, 0.1) is 19.7 Å². The summed E-state index contributed by atoms with van der Waals surface area (Å²) in [5.74, 6) is -0.887. The Balaban J connectivity index is 1.77. The Bertz CT molecular complexity index is 741. The highest BCUT2D eigenvalue weighted by Crippen LogP contribution is 2.17. The summed E-state index contributed by atoms with van der Waals surface area (Å²) in [7, 11) is 0. The number of aryl methyl sites for hydroxylation is 2. The molecule has 2 amide bonds. The van der Waals surface area contributed by atoms with E-state index in [1.54, 1.807) is 19.9 Å². The molecule has 0 aliphatic rings. The van der Waals surface area contributed by atoms with Gasteiger partial charge >= 0.3 is 0 Å². The Hall–Kier alpha value is -2.90. The molecule has 2 rings (SSSR count). The van der Waals surface area contributed by atoms with E-state index in [1.807, 2.05) is 0 Å². The normalized spacial score (nSPS) is 11.7. The number of nitrogens with one attached hydrogen (secondary N) is 2. The van der Waals surface area contributed by atoms with Gasteiger partial charge in [0.2, 0.25) is 5.91 Å². The zero-order valence-electron chi connectivity index (χ0n) is 14.3. The number of halogens is 1. The fourth-order valence-electron chi connectivity index (χ4n) is 2.18. The van der Waals surface area contributed by atoms with E-state index < -0.39 is 17.8 Å². The first-order valence-electron chi connectivity index (χ1n) is 7.80. The summed E-state index contributed by atoms with van der Waals surface area (Å²) in [6.45, 7) is 5.03. The standard InChI is InChI=1S/C17H20FN3O4/c1-10-13(11(2)25-21-10)8-9-16(22)19-20-17(23)12(3)24-15-7-5-4-6-14(15)18/h4-7,12H,8-9H2,1-3H3,(H,19,22)(H,20,23)/t12-/m1/s1. The summed E-state index contributed by atoms with van der Waals surface area (Å²) < 4.78 is 23.7. The molecule has 1 aromatic carbocycles. The van der Waals surface area contributed by atoms with E-state index in [0.717, 1.165) is 11.3 Å². The van der Waals surface area contributed by atoms with Crippen molar-refractivity contribution in [1.29, 1.82) is 0 Å². The van der Waals surface area contributed by atoms with Gasteiger partial charge in [0.15, 0.2) is 17.7 Å². The second-order valence-electron chi connectivity index (χ2n) is 5.53. The Labute approximate surface area is 144 Å². The molecule has 0 bridgehead atoms. The van der Waals surface area contributed by atoms with Crippen LogP contribution in [0.1, 0.15) is 30.4 Å². The van der Waals surface area contributed by atoms with Crippen LogP contribution in [0.3, 0.4) is 0 Å². The lowest BCUT2D eigenvalue weighted by Crippen LogP contribution is -2.47. The summed E-state index contributed by atoms with van der Waals surface area (Å²) in [5, 5.41) is 3.81. The van der Waals surface area contributed by atoms with Crippen molar-refractivity contribution in [1.82, 2.24) is 16.0 Å². The average molecular weight is 349 g/mol. The number of carbonyl (C=O) groups excluding carboxylic acids is 2. The zero-order chi connectivity index (χ0) is 18.4. The van der Waals surface area contributed by atoms with Gasteiger partial charge in [-0.3, -0.25) is 20.4 Å². The third kappa shape index (κ3) is 5.03. The number of para-hydroxylation sites is 1. The molecule has 1 heterocycles. The molecular formula is C17H20FN3O4. The van der Waals surface area contributed by atoms with Gasteiger partial charge < -0.3 is 9.26 Å². The van der Waals surface area contributed by atoms with E-state index in [-0.39, 0.29) is 18.1 Å². The van der Waals surface area contributed by atoms with Crippen molar-refractivity contribution < 1.29 is 23.2 Å². The summed E-state index contributed by atoms with van der Waals surface area (Å²) in [6, 6.07) is 5.77. The Morgan fingerprint density at radius 3 is 2.64 bits per heavy atom. The van der Waals surface area contributed by atoms with Crippen molar-refractivity contribution in [3.63, 3.8) is 0 Å². The molecule has 134 valence electrons. The van der Waals surface area contributed by atoms with Crippen molar-refractivity contribution in [2.45, 2.75) is 39.7 Å². The molecule has 0 radical (unpaired) electrons. The number of nitrogens with zero attached hydrogens (tertiary/aromatic N) is 1. The molecule has 0 unspecified atom stereocenters. The molecule has 7 nitrogen and oxygen atoms in total. The van der Waals surface area contributed by atoms with Crippen LogP contribution >= 0.6 is 0 Å². The monoisotopic (exact) mass is 349 g/mol. The van der Waals surface area contributed by atoms with Gasteiger partial charge in [0.1, 0.15) is 5.76 Å². The fraction of sp³-hybridized carbons (Fsp3) is 0.353. The van der Waals surface area contributed by atoms with E-state index >= 15 is 0 Å². The number of benzene rings is 1. The molecule has 8 heteroatoms. The van der Waals surface area contributed by atoms with Crippen LogP contribution in [0.5, 0.6) is 5.75 Å². The van der Waals surface area contributed by atoms with Gasteiger partial charge in [0.05, 0.1) is 5.69 Å². The Morgan fingerprint density at radius 1 is 1.28 bits per heavy atom. The number of ether oxygens (including phenoxy) is 1. The smallest absolute Gasteiger partial charge is 0.279 e. The van der Waals surface area contributed by atoms with E-state index in [4.69, 9.17) is 9.26 Å². The van der Waals surface area contributed by atoms with Crippen molar-refractivity contribution >= 4 is 11.8 Å². The van der Waals surface area contributed by atoms with Crippen LogP contribution in [0.15, 0.2) is 28.8 Å². The average Bonchev–Trinajstić information content (AvgIpc) is 2.91. The third-order valence-corrected chi connectivity index (χ3v) is 3.62. The highest BCUT2D eigenvalue weighted by molar-refractivity contribution is 5.84. The van der Waals surface area contributed by atoms with Crippen LogP contribution in [0.2, 0.25) is 0 Å². The zero-order valence-corrected chi connectivity index (χ0v) is 14.3. The maximum absolute atomic E-state index is 13.5. The molecule has 2 N–H and O–H groups in total. The van der Waals surface area contributed by atoms with Gasteiger partial charge in [-0.25, -0.2) is 4.39 Å². The molecule has 0 spiro atoms. The summed E-state index contributed by atoms with van der Waals surface area (Å²) >= 11 is 0. The summed E-state index contributed by atoms with van der Waals surface area (Å²) in [6.07, 6.45) is -0.365. The minimum atomic E-state index is -0.972. The summed E-state index contributed by atoms with van der Waals surface area (Å²) in [5.41, 5.74) is 6.17. The maximum Gasteiger partial charge on any atom is 0.279 e. The third-order valence-electron chi connectivity index (χ3n) is 3.62. The fourth-order valence-corrected chi connectivity index (χ4v) is 2.18. The van der Waals surface area contributed by atoms with Crippen LogP contribution in [-0.4, -0.2) is 23.1 Å². The number of hydrogen-bond donors (Lipinski definition) is 2. The highest BCUT2D eigenvalue weighted by Gasteiger charge is 2.17. The van der Waals surface area contributed by atoms with E-state index in [2.05, 4.69) is 16.0 Å². The maximum atomic E-state index is 13.5. The van der Waals surface area contributed by atoms with E-state index in [1.165, 1.54) is 25.1 Å². The van der Waals surface area contributed by atoms with E-state index in [0.29, 0.717) is 12.2 Å². The van der Waals surface area contributed by atoms with Crippen molar-refractivity contribution in [2.75, 3.05) is 0 Å². The first-order valence-corrected chi connectivity index (χ1v) is 7.80. The quantitative estimate of drug-likeness (QED) is 0.778. The molecule has 25 heavy (non-hydrogen) atoms. The SMILES string of the molecule is Cc1noc(C)c1CCC(=O)NNC(=O)[C@@H](C)Oc1ccccc1F. The van der Waals surface area contributed by atoms with Crippen LogP contribution < -0.4 is 15.6 Å². The number of rotatable bonds is 6. The van der Waals surface area contributed by atoms with Gasteiger partial charge in [-0.15, -0.1) is 0 Å². The second kappa shape index (κ2) is 8.27. The second-order valence-corrected chi connectivity index (χ2v) is 5.53. The highest BCUT2D eigenvalue weighted by atomic mass is 19.1. The minimum absolute atomic E-state index is 0.0325. The van der Waals surface area contributed by atoms with Crippen molar-refractivity contribution in [3.8, 4) is 5.75 Å². The van der Waals surface area contributed by atoms with Crippen LogP contribution in [-0.2, 0) is 16.0 Å². The largest absolute Gasteiger partial charge is 0.478 e. The van der Waals surface area contributed by atoms with Gasteiger partial charge in [-0.1, -0.05) is 17.3 Å². The van der Waals surface area contributed by atoms with Crippen molar-refractivity contribution in [3.05, 3.63) is 47.1 Å². The molecule has 0 saturated carbocycles. The molecule has 0 aliphatic heterocycles. The van der Waals surface area contributed by atoms with Gasteiger partial charge in [-0.2, -0.15) is 0 Å².